The van der Waals surface area contributed by atoms with Crippen molar-refractivity contribution in [2.45, 2.75) is 45.8 Å². The average Bonchev–Trinajstić information content (AvgIpc) is 2.18. The Balaban J connectivity index is 2.51. The highest BCUT2D eigenvalue weighted by Crippen LogP contribution is 2.10. The van der Waals surface area contributed by atoms with Crippen LogP contribution in [0.3, 0.4) is 0 Å². The van der Waals surface area contributed by atoms with E-state index in [2.05, 4.69) is 36.1 Å². The van der Waals surface area contributed by atoms with E-state index in [9.17, 15) is 5.11 Å². The average molecular weight is 235 g/mol. The summed E-state index contributed by atoms with van der Waals surface area (Å²) < 4.78 is 0. The number of nitrogens with zero attached hydrogens (tertiary/aromatic N) is 1. The molecule has 0 aliphatic rings. The quantitative estimate of drug-likeness (QED) is 0.819. The van der Waals surface area contributed by atoms with Crippen molar-refractivity contribution in [3.05, 3.63) is 35.4 Å². The number of hydrogen-bond acceptors (Lipinski definition) is 2. The molecule has 1 N–H and O–H groups in total. The third kappa shape index (κ3) is 5.85. The number of aliphatic hydroxyl groups is 1. The van der Waals surface area contributed by atoms with Crippen molar-refractivity contribution in [1.82, 2.24) is 4.90 Å². The molecule has 1 rings (SSSR count). The van der Waals surface area contributed by atoms with E-state index >= 15 is 0 Å². The van der Waals surface area contributed by atoms with Crippen molar-refractivity contribution in [2.24, 2.45) is 0 Å². The molecule has 1 aromatic carbocycles. The molecule has 0 atom stereocenters. The lowest BCUT2D eigenvalue weighted by Gasteiger charge is -2.25. The van der Waals surface area contributed by atoms with Gasteiger partial charge in [-0.3, -0.25) is 4.90 Å². The molecule has 0 saturated carbocycles. The van der Waals surface area contributed by atoms with E-state index in [1.54, 1.807) is 0 Å². The fourth-order valence-electron chi connectivity index (χ4n) is 2.13. The molecular formula is C15H25NO. The van der Waals surface area contributed by atoms with Crippen LogP contribution in [-0.4, -0.2) is 29.2 Å². The van der Waals surface area contributed by atoms with Gasteiger partial charge in [0, 0.05) is 13.1 Å². The lowest BCUT2D eigenvalue weighted by molar-refractivity contribution is 0.0425. The Kier molecular flexibility index (Phi) is 5.16. The highest BCUT2D eigenvalue weighted by atomic mass is 16.3. The number of hydrogen-bond donors (Lipinski definition) is 1. The summed E-state index contributed by atoms with van der Waals surface area (Å²) in [5.41, 5.74) is 2.08. The van der Waals surface area contributed by atoms with Crippen LogP contribution in [0.5, 0.6) is 0 Å². The van der Waals surface area contributed by atoms with E-state index in [-0.39, 0.29) is 0 Å². The van der Waals surface area contributed by atoms with E-state index in [4.69, 9.17) is 0 Å². The molecule has 17 heavy (non-hydrogen) atoms. The zero-order chi connectivity index (χ0) is 12.9. The first-order valence-electron chi connectivity index (χ1n) is 6.39. The third-order valence-electron chi connectivity index (χ3n) is 2.67. The SMILES string of the molecule is CCCc1ccc(CN(C)CC(C)(C)O)cc1. The normalized spacial score (nSPS) is 12.1. The van der Waals surface area contributed by atoms with Crippen molar-refractivity contribution in [3.8, 4) is 0 Å². The van der Waals surface area contributed by atoms with Crippen LogP contribution in [-0.2, 0) is 13.0 Å². The third-order valence-corrected chi connectivity index (χ3v) is 2.67. The molecule has 0 amide bonds. The molecule has 96 valence electrons. The largest absolute Gasteiger partial charge is 0.389 e. The molecule has 0 aliphatic heterocycles. The van der Waals surface area contributed by atoms with Crippen molar-refractivity contribution in [1.29, 1.82) is 0 Å². The van der Waals surface area contributed by atoms with Crippen LogP contribution in [0.4, 0.5) is 0 Å². The maximum Gasteiger partial charge on any atom is 0.0718 e. The molecule has 0 saturated heterocycles. The van der Waals surface area contributed by atoms with E-state index in [1.807, 2.05) is 20.9 Å². The van der Waals surface area contributed by atoms with Crippen molar-refractivity contribution < 1.29 is 5.11 Å². The van der Waals surface area contributed by atoms with Crippen LogP contribution in [0.15, 0.2) is 24.3 Å². The maximum atomic E-state index is 9.74. The lowest BCUT2D eigenvalue weighted by Crippen LogP contribution is -2.35. The van der Waals surface area contributed by atoms with Crippen molar-refractivity contribution >= 4 is 0 Å². The zero-order valence-electron chi connectivity index (χ0n) is 11.5. The number of benzene rings is 1. The minimum atomic E-state index is -0.628. The number of rotatable bonds is 6. The number of aryl methyl sites for hydroxylation is 1. The zero-order valence-corrected chi connectivity index (χ0v) is 11.5. The Labute approximate surface area is 105 Å². The van der Waals surface area contributed by atoms with E-state index in [0.29, 0.717) is 6.54 Å². The summed E-state index contributed by atoms with van der Waals surface area (Å²) in [6, 6.07) is 8.78. The van der Waals surface area contributed by atoms with Gasteiger partial charge in [0.25, 0.3) is 0 Å². The minimum Gasteiger partial charge on any atom is -0.389 e. The van der Waals surface area contributed by atoms with E-state index in [0.717, 1.165) is 13.0 Å². The highest BCUT2D eigenvalue weighted by molar-refractivity contribution is 5.22. The van der Waals surface area contributed by atoms with E-state index < -0.39 is 5.60 Å². The van der Waals surface area contributed by atoms with Gasteiger partial charge >= 0.3 is 0 Å². The Morgan fingerprint density at radius 1 is 1.12 bits per heavy atom. The Morgan fingerprint density at radius 2 is 1.65 bits per heavy atom. The summed E-state index contributed by atoms with van der Waals surface area (Å²) in [7, 11) is 2.04. The van der Waals surface area contributed by atoms with Crippen molar-refractivity contribution in [3.63, 3.8) is 0 Å². The summed E-state index contributed by atoms with van der Waals surface area (Å²) in [4.78, 5) is 2.15. The van der Waals surface area contributed by atoms with Gasteiger partial charge in [-0.25, -0.2) is 0 Å². The first-order chi connectivity index (χ1) is 7.90. The standard InChI is InChI=1S/C15H25NO/c1-5-6-13-7-9-14(10-8-13)11-16(4)12-15(2,3)17/h7-10,17H,5-6,11-12H2,1-4H3. The van der Waals surface area contributed by atoms with Crippen LogP contribution < -0.4 is 0 Å². The van der Waals surface area contributed by atoms with Crippen LogP contribution in [0.1, 0.15) is 38.3 Å². The van der Waals surface area contributed by atoms with E-state index in [1.165, 1.54) is 17.5 Å². The minimum absolute atomic E-state index is 0.628. The second-order valence-corrected chi connectivity index (χ2v) is 5.55. The molecule has 0 fully saturated rings. The van der Waals surface area contributed by atoms with Crippen molar-refractivity contribution in [2.75, 3.05) is 13.6 Å². The van der Waals surface area contributed by atoms with Gasteiger partial charge in [0.1, 0.15) is 0 Å². The highest BCUT2D eigenvalue weighted by Gasteiger charge is 2.15. The van der Waals surface area contributed by atoms with Crippen LogP contribution in [0.25, 0.3) is 0 Å². The van der Waals surface area contributed by atoms with Gasteiger partial charge in [0.15, 0.2) is 0 Å². The molecule has 2 heteroatoms. The van der Waals surface area contributed by atoms with Gasteiger partial charge in [-0.1, -0.05) is 37.6 Å². The summed E-state index contributed by atoms with van der Waals surface area (Å²) in [6.07, 6.45) is 2.34. The Hall–Kier alpha value is -0.860. The van der Waals surface area contributed by atoms with Gasteiger partial charge < -0.3 is 5.11 Å². The molecule has 0 radical (unpaired) electrons. The molecular weight excluding hydrogens is 210 g/mol. The fourth-order valence-corrected chi connectivity index (χ4v) is 2.13. The molecule has 0 unspecified atom stereocenters. The molecule has 1 aromatic rings. The predicted molar refractivity (Wildman–Crippen MR) is 73.1 cm³/mol. The summed E-state index contributed by atoms with van der Waals surface area (Å²) in [6.45, 7) is 7.45. The second-order valence-electron chi connectivity index (χ2n) is 5.55. The molecule has 0 heterocycles. The summed E-state index contributed by atoms with van der Waals surface area (Å²) in [5, 5.41) is 9.74. The summed E-state index contributed by atoms with van der Waals surface area (Å²) >= 11 is 0. The topological polar surface area (TPSA) is 23.5 Å². The first-order valence-corrected chi connectivity index (χ1v) is 6.39. The van der Waals surface area contributed by atoms with Gasteiger partial charge in [0.2, 0.25) is 0 Å². The monoisotopic (exact) mass is 235 g/mol. The maximum absolute atomic E-state index is 9.74. The van der Waals surface area contributed by atoms with Gasteiger partial charge in [-0.05, 0) is 38.4 Å². The predicted octanol–water partition coefficient (Wildman–Crippen LogP) is 2.84. The van der Waals surface area contributed by atoms with Crippen LogP contribution in [0, 0.1) is 0 Å². The Bertz CT molecular complexity index is 324. The smallest absolute Gasteiger partial charge is 0.0718 e. The molecule has 0 aliphatic carbocycles. The fraction of sp³-hybridized carbons (Fsp3) is 0.600. The van der Waals surface area contributed by atoms with Crippen LogP contribution >= 0.6 is 0 Å². The van der Waals surface area contributed by atoms with Gasteiger partial charge in [-0.15, -0.1) is 0 Å². The summed E-state index contributed by atoms with van der Waals surface area (Å²) in [5.74, 6) is 0. The molecule has 0 aromatic heterocycles. The molecule has 0 spiro atoms. The van der Waals surface area contributed by atoms with Gasteiger partial charge in [0.05, 0.1) is 5.60 Å². The lowest BCUT2D eigenvalue weighted by atomic mass is 10.1. The second kappa shape index (κ2) is 6.18. The molecule has 0 bridgehead atoms. The number of likely N-dealkylation sites (N-methyl/N-ethyl adjacent to an activating group) is 1. The molecule has 2 nitrogen and oxygen atoms in total. The van der Waals surface area contributed by atoms with Gasteiger partial charge in [-0.2, -0.15) is 0 Å². The Morgan fingerprint density at radius 3 is 2.12 bits per heavy atom. The first kappa shape index (κ1) is 14.2. The van der Waals surface area contributed by atoms with Crippen LogP contribution in [0.2, 0.25) is 0 Å².